The average Bonchev–Trinajstić information content (AvgIpc) is 2.54. The van der Waals surface area contributed by atoms with E-state index in [2.05, 4.69) is 10.6 Å². The number of benzene rings is 2. The lowest BCUT2D eigenvalue weighted by Gasteiger charge is -2.18. The first-order valence-electron chi connectivity index (χ1n) is 6.89. The highest BCUT2D eigenvalue weighted by atomic mass is 32.1. The van der Waals surface area contributed by atoms with Gasteiger partial charge in [0, 0.05) is 11.3 Å². The Hall–Kier alpha value is -2.67. The van der Waals surface area contributed by atoms with Crippen LogP contribution in [0.25, 0.3) is 0 Å². The third kappa shape index (κ3) is 3.75. The molecule has 1 aliphatic rings. The Labute approximate surface area is 137 Å². The van der Waals surface area contributed by atoms with Gasteiger partial charge in [0.2, 0.25) is 0 Å². The fourth-order valence-electron chi connectivity index (χ4n) is 2.09. The zero-order chi connectivity index (χ0) is 16.2. The monoisotopic (exact) mass is 332 g/mol. The van der Waals surface area contributed by atoms with Gasteiger partial charge in [-0.05, 0) is 48.6 Å². The summed E-state index contributed by atoms with van der Waals surface area (Å²) in [4.78, 5) is 12.2. The lowest BCUT2D eigenvalue weighted by Crippen LogP contribution is -2.34. The lowest BCUT2D eigenvalue weighted by molar-refractivity contribution is 0.0976. The molecule has 1 amide bonds. The van der Waals surface area contributed by atoms with Crippen molar-refractivity contribution in [3.05, 3.63) is 53.8 Å². The van der Waals surface area contributed by atoms with Crippen molar-refractivity contribution in [1.29, 1.82) is 0 Å². The summed E-state index contributed by atoms with van der Waals surface area (Å²) in [7, 11) is 0. The molecule has 2 N–H and O–H groups in total. The fraction of sp³-hybridized carbons (Fsp3) is 0.125. The summed E-state index contributed by atoms with van der Waals surface area (Å²) in [6.45, 7) is 0.928. The number of carbonyl (C=O) groups is 1. The van der Waals surface area contributed by atoms with Gasteiger partial charge in [-0.25, -0.2) is 4.39 Å². The fourth-order valence-corrected chi connectivity index (χ4v) is 2.30. The maximum atomic E-state index is 13.1. The van der Waals surface area contributed by atoms with Gasteiger partial charge in [-0.3, -0.25) is 10.1 Å². The smallest absolute Gasteiger partial charge is 0.257 e. The summed E-state index contributed by atoms with van der Waals surface area (Å²) in [5, 5.41) is 5.36. The van der Waals surface area contributed by atoms with Crippen molar-refractivity contribution in [2.75, 3.05) is 18.5 Å². The Morgan fingerprint density at radius 1 is 1.09 bits per heavy atom. The maximum absolute atomic E-state index is 13.1. The van der Waals surface area contributed by atoms with Gasteiger partial charge in [-0.1, -0.05) is 6.07 Å². The first-order chi connectivity index (χ1) is 11.1. The van der Waals surface area contributed by atoms with E-state index in [0.29, 0.717) is 36.0 Å². The standard InChI is InChI=1S/C16H13FN2O3S/c17-11-2-1-3-12(9-11)18-16(23)19-15(20)10-4-5-13-14(8-10)22-7-6-21-13/h1-5,8-9H,6-7H2,(H2,18,19,20,23). The summed E-state index contributed by atoms with van der Waals surface area (Å²) < 4.78 is 23.9. The molecule has 0 spiro atoms. The molecule has 1 aliphatic heterocycles. The predicted octanol–water partition coefficient (Wildman–Crippen LogP) is 2.72. The van der Waals surface area contributed by atoms with Crippen molar-refractivity contribution >= 4 is 28.9 Å². The van der Waals surface area contributed by atoms with E-state index < -0.39 is 11.7 Å². The number of hydrogen-bond acceptors (Lipinski definition) is 4. The van der Waals surface area contributed by atoms with E-state index in [4.69, 9.17) is 21.7 Å². The molecule has 1 heterocycles. The van der Waals surface area contributed by atoms with Gasteiger partial charge in [0.25, 0.3) is 5.91 Å². The molecule has 23 heavy (non-hydrogen) atoms. The van der Waals surface area contributed by atoms with E-state index in [1.807, 2.05) is 0 Å². The van der Waals surface area contributed by atoms with Crippen molar-refractivity contribution in [2.24, 2.45) is 0 Å². The Bertz CT molecular complexity index is 767. The van der Waals surface area contributed by atoms with Crippen molar-refractivity contribution in [1.82, 2.24) is 5.32 Å². The van der Waals surface area contributed by atoms with Crippen molar-refractivity contribution < 1.29 is 18.7 Å². The molecular formula is C16H13FN2O3S. The highest BCUT2D eigenvalue weighted by Crippen LogP contribution is 2.30. The highest BCUT2D eigenvalue weighted by Gasteiger charge is 2.15. The molecule has 0 bridgehead atoms. The molecule has 0 aromatic heterocycles. The highest BCUT2D eigenvalue weighted by molar-refractivity contribution is 7.80. The van der Waals surface area contributed by atoms with Crippen LogP contribution in [-0.4, -0.2) is 24.2 Å². The molecule has 3 rings (SSSR count). The number of nitrogens with one attached hydrogen (secondary N) is 2. The van der Waals surface area contributed by atoms with Crippen LogP contribution < -0.4 is 20.1 Å². The van der Waals surface area contributed by atoms with Crippen LogP contribution in [0.1, 0.15) is 10.4 Å². The molecule has 5 nitrogen and oxygen atoms in total. The van der Waals surface area contributed by atoms with Crippen LogP contribution in [0.5, 0.6) is 11.5 Å². The van der Waals surface area contributed by atoms with E-state index in [1.165, 1.54) is 12.1 Å². The molecular weight excluding hydrogens is 319 g/mol. The minimum atomic E-state index is -0.393. The van der Waals surface area contributed by atoms with Crippen molar-refractivity contribution in [3.63, 3.8) is 0 Å². The van der Waals surface area contributed by atoms with E-state index in [9.17, 15) is 9.18 Å². The number of fused-ring (bicyclic) bond motifs is 1. The normalized spacial score (nSPS) is 12.4. The molecule has 7 heteroatoms. The van der Waals surface area contributed by atoms with E-state index in [1.54, 1.807) is 30.3 Å². The second-order valence-corrected chi connectivity index (χ2v) is 5.19. The van der Waals surface area contributed by atoms with Gasteiger partial charge in [0.1, 0.15) is 19.0 Å². The first-order valence-corrected chi connectivity index (χ1v) is 7.30. The zero-order valence-electron chi connectivity index (χ0n) is 12.0. The van der Waals surface area contributed by atoms with Gasteiger partial charge in [-0.15, -0.1) is 0 Å². The van der Waals surface area contributed by atoms with Gasteiger partial charge in [0.05, 0.1) is 0 Å². The molecule has 0 saturated carbocycles. The molecule has 2 aromatic carbocycles. The number of halogens is 1. The molecule has 0 aliphatic carbocycles. The van der Waals surface area contributed by atoms with Crippen molar-refractivity contribution in [2.45, 2.75) is 0 Å². The van der Waals surface area contributed by atoms with Crippen LogP contribution in [0.2, 0.25) is 0 Å². The van der Waals surface area contributed by atoms with Crippen LogP contribution in [0, 0.1) is 5.82 Å². The number of carbonyl (C=O) groups excluding carboxylic acids is 1. The number of rotatable bonds is 2. The molecule has 0 fully saturated rings. The predicted molar refractivity (Wildman–Crippen MR) is 87.5 cm³/mol. The molecule has 0 unspecified atom stereocenters. The Morgan fingerprint density at radius 2 is 1.87 bits per heavy atom. The first kappa shape index (κ1) is 15.2. The third-order valence-electron chi connectivity index (χ3n) is 3.11. The second kappa shape index (κ2) is 6.62. The molecule has 2 aromatic rings. The van der Waals surface area contributed by atoms with Crippen LogP contribution >= 0.6 is 12.2 Å². The van der Waals surface area contributed by atoms with E-state index in [-0.39, 0.29) is 5.11 Å². The van der Waals surface area contributed by atoms with E-state index >= 15 is 0 Å². The van der Waals surface area contributed by atoms with Crippen LogP contribution in [0.3, 0.4) is 0 Å². The van der Waals surface area contributed by atoms with E-state index in [0.717, 1.165) is 0 Å². The molecule has 118 valence electrons. The van der Waals surface area contributed by atoms with Crippen molar-refractivity contribution in [3.8, 4) is 11.5 Å². The maximum Gasteiger partial charge on any atom is 0.257 e. The van der Waals surface area contributed by atoms with Crippen LogP contribution in [0.15, 0.2) is 42.5 Å². The minimum absolute atomic E-state index is 0.0792. The number of hydrogen-bond donors (Lipinski definition) is 2. The quantitative estimate of drug-likeness (QED) is 0.828. The average molecular weight is 332 g/mol. The molecule has 0 atom stereocenters. The summed E-state index contributed by atoms with van der Waals surface area (Å²) in [6.07, 6.45) is 0. The number of thiocarbonyl (C=S) groups is 1. The number of ether oxygens (including phenoxy) is 2. The summed E-state index contributed by atoms with van der Waals surface area (Å²) in [6, 6.07) is 10.7. The summed E-state index contributed by atoms with van der Waals surface area (Å²) >= 11 is 5.06. The number of anilines is 1. The lowest BCUT2D eigenvalue weighted by atomic mass is 10.2. The topological polar surface area (TPSA) is 59.6 Å². The third-order valence-corrected chi connectivity index (χ3v) is 3.32. The summed E-state index contributed by atoms with van der Waals surface area (Å²) in [5.74, 6) is 0.341. The SMILES string of the molecule is O=C(NC(=S)Nc1cccc(F)c1)c1ccc2c(c1)OCCO2. The Kier molecular flexibility index (Phi) is 4.38. The second-order valence-electron chi connectivity index (χ2n) is 4.78. The number of amides is 1. The van der Waals surface area contributed by atoms with Gasteiger partial charge >= 0.3 is 0 Å². The van der Waals surface area contributed by atoms with Crippen LogP contribution in [0.4, 0.5) is 10.1 Å². The molecule has 0 saturated heterocycles. The Morgan fingerprint density at radius 3 is 2.65 bits per heavy atom. The summed E-state index contributed by atoms with van der Waals surface area (Å²) in [5.41, 5.74) is 0.843. The van der Waals surface area contributed by atoms with Crippen LogP contribution in [-0.2, 0) is 0 Å². The largest absolute Gasteiger partial charge is 0.486 e. The zero-order valence-corrected chi connectivity index (χ0v) is 12.8. The van der Waals surface area contributed by atoms with Gasteiger partial charge in [-0.2, -0.15) is 0 Å². The van der Waals surface area contributed by atoms with Gasteiger partial charge in [0.15, 0.2) is 16.6 Å². The Balaban J connectivity index is 1.65. The molecule has 0 radical (unpaired) electrons. The minimum Gasteiger partial charge on any atom is -0.486 e. The van der Waals surface area contributed by atoms with Gasteiger partial charge < -0.3 is 14.8 Å².